The Kier molecular flexibility index (Phi) is 5.84. The number of nitrogens with zero attached hydrogens (tertiary/aromatic N) is 1. The maximum atomic E-state index is 13.1. The van der Waals surface area contributed by atoms with Gasteiger partial charge in [-0.15, -0.1) is 0 Å². The third kappa shape index (κ3) is 4.02. The van der Waals surface area contributed by atoms with Gasteiger partial charge in [-0.3, -0.25) is 0 Å². The highest BCUT2D eigenvalue weighted by molar-refractivity contribution is 7.89. The molecule has 6 heteroatoms. The van der Waals surface area contributed by atoms with E-state index in [2.05, 4.69) is 0 Å². The third-order valence-corrected chi connectivity index (χ3v) is 6.76. The first-order valence-corrected chi connectivity index (χ1v) is 10.3. The first kappa shape index (κ1) is 18.7. The fourth-order valence-corrected chi connectivity index (χ4v) is 4.94. The molecule has 0 spiro atoms. The number of ether oxygens (including phenoxy) is 2. The van der Waals surface area contributed by atoms with Gasteiger partial charge in [0.05, 0.1) is 19.1 Å². The van der Waals surface area contributed by atoms with Gasteiger partial charge in [-0.25, -0.2) is 8.42 Å². The molecule has 1 heterocycles. The molecule has 1 atom stereocenters. The van der Waals surface area contributed by atoms with Crippen molar-refractivity contribution < 1.29 is 17.9 Å². The summed E-state index contributed by atoms with van der Waals surface area (Å²) in [6.45, 7) is 1.04. The zero-order chi connectivity index (χ0) is 18.6. The minimum absolute atomic E-state index is 0.184. The van der Waals surface area contributed by atoms with Crippen molar-refractivity contribution in [3.05, 3.63) is 54.1 Å². The number of benzene rings is 2. The van der Waals surface area contributed by atoms with Crippen LogP contribution in [0.3, 0.4) is 0 Å². The maximum absolute atomic E-state index is 13.1. The van der Waals surface area contributed by atoms with Crippen molar-refractivity contribution in [3.8, 4) is 11.5 Å². The van der Waals surface area contributed by atoms with Gasteiger partial charge in [-0.1, -0.05) is 24.6 Å². The monoisotopic (exact) mass is 375 g/mol. The fourth-order valence-electron chi connectivity index (χ4n) is 3.38. The van der Waals surface area contributed by atoms with E-state index in [1.165, 1.54) is 7.11 Å². The largest absolute Gasteiger partial charge is 0.497 e. The predicted molar refractivity (Wildman–Crippen MR) is 101 cm³/mol. The molecular weight excluding hydrogens is 350 g/mol. The van der Waals surface area contributed by atoms with Crippen LogP contribution in [0.4, 0.5) is 0 Å². The van der Waals surface area contributed by atoms with Crippen LogP contribution in [-0.2, 0) is 10.0 Å². The minimum Gasteiger partial charge on any atom is -0.497 e. The van der Waals surface area contributed by atoms with Gasteiger partial charge in [0.2, 0.25) is 10.0 Å². The molecule has 1 unspecified atom stereocenters. The highest BCUT2D eigenvalue weighted by Crippen LogP contribution is 2.31. The Hall–Kier alpha value is -2.05. The van der Waals surface area contributed by atoms with Crippen molar-refractivity contribution in [2.45, 2.75) is 30.1 Å². The second kappa shape index (κ2) is 8.10. The van der Waals surface area contributed by atoms with Gasteiger partial charge >= 0.3 is 0 Å². The molecule has 0 bridgehead atoms. The minimum atomic E-state index is -3.54. The van der Waals surface area contributed by atoms with Crippen LogP contribution in [0.2, 0.25) is 0 Å². The van der Waals surface area contributed by atoms with E-state index in [0.717, 1.165) is 30.6 Å². The molecule has 0 radical (unpaired) electrons. The normalized spacial score (nSPS) is 18.9. The summed E-state index contributed by atoms with van der Waals surface area (Å²) in [5.74, 6) is 1.54. The quantitative estimate of drug-likeness (QED) is 0.800. The van der Waals surface area contributed by atoms with E-state index in [1.807, 2.05) is 24.3 Å². The molecule has 0 saturated carbocycles. The molecule has 1 aliphatic rings. The number of rotatable bonds is 5. The molecule has 0 N–H and O–H groups in total. The average Bonchev–Trinajstić information content (AvgIpc) is 2.95. The first-order chi connectivity index (χ1) is 12.5. The molecule has 0 aliphatic carbocycles. The van der Waals surface area contributed by atoms with Gasteiger partial charge < -0.3 is 9.47 Å². The fraction of sp³-hybridized carbons (Fsp3) is 0.400. The van der Waals surface area contributed by atoms with Gasteiger partial charge in [-0.05, 0) is 48.6 Å². The van der Waals surface area contributed by atoms with Gasteiger partial charge in [0.25, 0.3) is 0 Å². The molecule has 26 heavy (non-hydrogen) atoms. The van der Waals surface area contributed by atoms with Crippen LogP contribution >= 0.6 is 0 Å². The summed E-state index contributed by atoms with van der Waals surface area (Å²) in [6.07, 6.45) is 2.87. The van der Waals surface area contributed by atoms with E-state index >= 15 is 0 Å². The second-order valence-electron chi connectivity index (χ2n) is 6.51. The number of hydrogen-bond donors (Lipinski definition) is 0. The van der Waals surface area contributed by atoms with Crippen molar-refractivity contribution in [3.63, 3.8) is 0 Å². The van der Waals surface area contributed by atoms with E-state index in [9.17, 15) is 8.42 Å². The lowest BCUT2D eigenvalue weighted by molar-refractivity contribution is 0.401. The standard InChI is InChI=1S/C20H25NO4S/c1-24-18-11-9-16(10-12-18)17-6-3-4-13-21(15-17)26(22,23)20-8-5-7-19(14-20)25-2/h5,7-12,14,17H,3-4,6,13,15H2,1-2H3. The van der Waals surface area contributed by atoms with Crippen molar-refractivity contribution in [2.24, 2.45) is 0 Å². The van der Waals surface area contributed by atoms with Gasteiger partial charge in [0.15, 0.2) is 0 Å². The highest BCUT2D eigenvalue weighted by atomic mass is 32.2. The molecule has 5 nitrogen and oxygen atoms in total. The van der Waals surface area contributed by atoms with Crippen molar-refractivity contribution in [1.82, 2.24) is 4.31 Å². The zero-order valence-electron chi connectivity index (χ0n) is 15.2. The summed E-state index contributed by atoms with van der Waals surface area (Å²) < 4.78 is 38.3. The topological polar surface area (TPSA) is 55.8 Å². The van der Waals surface area contributed by atoms with Crippen molar-refractivity contribution in [2.75, 3.05) is 27.3 Å². The molecular formula is C20H25NO4S. The molecule has 1 aliphatic heterocycles. The molecule has 140 valence electrons. The molecule has 2 aromatic carbocycles. The van der Waals surface area contributed by atoms with Crippen LogP contribution in [0.1, 0.15) is 30.7 Å². The first-order valence-electron chi connectivity index (χ1n) is 8.83. The summed E-state index contributed by atoms with van der Waals surface area (Å²) in [7, 11) is -0.362. The Labute approximate surface area is 155 Å². The smallest absolute Gasteiger partial charge is 0.243 e. The lowest BCUT2D eigenvalue weighted by atomic mass is 9.94. The van der Waals surface area contributed by atoms with E-state index < -0.39 is 10.0 Å². The molecule has 1 saturated heterocycles. The van der Waals surface area contributed by atoms with Gasteiger partial charge in [0, 0.05) is 19.2 Å². The Bertz CT molecular complexity index is 833. The van der Waals surface area contributed by atoms with Crippen LogP contribution in [0.25, 0.3) is 0 Å². The number of hydrogen-bond acceptors (Lipinski definition) is 4. The van der Waals surface area contributed by atoms with E-state index in [4.69, 9.17) is 9.47 Å². The summed E-state index contributed by atoms with van der Waals surface area (Å²) in [4.78, 5) is 0.284. The summed E-state index contributed by atoms with van der Waals surface area (Å²) in [6, 6.07) is 14.6. The van der Waals surface area contributed by atoms with Crippen LogP contribution in [0, 0.1) is 0 Å². The number of sulfonamides is 1. The molecule has 1 fully saturated rings. The lowest BCUT2D eigenvalue weighted by Crippen LogP contribution is -2.34. The van der Waals surface area contributed by atoms with Crippen molar-refractivity contribution >= 4 is 10.0 Å². The van der Waals surface area contributed by atoms with Gasteiger partial charge in [-0.2, -0.15) is 4.31 Å². The molecule has 2 aromatic rings. The van der Waals surface area contributed by atoms with E-state index in [0.29, 0.717) is 18.8 Å². The van der Waals surface area contributed by atoms with Crippen LogP contribution in [0.15, 0.2) is 53.4 Å². The molecule has 0 amide bonds. The molecule has 3 rings (SSSR count). The van der Waals surface area contributed by atoms with Crippen molar-refractivity contribution in [1.29, 1.82) is 0 Å². The Morgan fingerprint density at radius 2 is 1.69 bits per heavy atom. The predicted octanol–water partition coefficient (Wildman–Crippen LogP) is 3.66. The Morgan fingerprint density at radius 3 is 2.38 bits per heavy atom. The zero-order valence-corrected chi connectivity index (χ0v) is 16.0. The number of methoxy groups -OCH3 is 2. The second-order valence-corrected chi connectivity index (χ2v) is 8.45. The van der Waals surface area contributed by atoms with Crippen LogP contribution < -0.4 is 9.47 Å². The van der Waals surface area contributed by atoms with Crippen LogP contribution in [0.5, 0.6) is 11.5 Å². The maximum Gasteiger partial charge on any atom is 0.243 e. The Morgan fingerprint density at radius 1 is 0.962 bits per heavy atom. The molecule has 0 aromatic heterocycles. The summed E-state index contributed by atoms with van der Waals surface area (Å²) in [5.41, 5.74) is 1.15. The van der Waals surface area contributed by atoms with Crippen LogP contribution in [-0.4, -0.2) is 40.0 Å². The SMILES string of the molecule is COc1ccc(C2CCCCN(S(=O)(=O)c3cccc(OC)c3)C2)cc1. The van der Waals surface area contributed by atoms with E-state index in [1.54, 1.807) is 35.7 Å². The summed E-state index contributed by atoms with van der Waals surface area (Å²) in [5, 5.41) is 0. The third-order valence-electron chi connectivity index (χ3n) is 4.90. The van der Waals surface area contributed by atoms with Gasteiger partial charge in [0.1, 0.15) is 11.5 Å². The lowest BCUT2D eigenvalue weighted by Gasteiger charge is -2.24. The average molecular weight is 375 g/mol. The Balaban J connectivity index is 1.85. The van der Waals surface area contributed by atoms with E-state index in [-0.39, 0.29) is 10.8 Å². The summed E-state index contributed by atoms with van der Waals surface area (Å²) >= 11 is 0. The highest BCUT2D eigenvalue weighted by Gasteiger charge is 2.29.